The number of nitrogens with zero attached hydrogens (tertiary/aromatic N) is 1. The number of alkyl halides is 3. The van der Waals surface area contributed by atoms with Crippen LogP contribution >= 0.6 is 0 Å². The van der Waals surface area contributed by atoms with E-state index in [1.54, 1.807) is 0 Å². The van der Waals surface area contributed by atoms with E-state index in [0.717, 1.165) is 32.0 Å². The molecule has 1 fully saturated rings. The zero-order valence-electron chi connectivity index (χ0n) is 13.5. The van der Waals surface area contributed by atoms with Gasteiger partial charge in [0, 0.05) is 19.1 Å². The monoisotopic (exact) mass is 328 g/mol. The number of amides is 1. The molecule has 1 aromatic rings. The molecule has 6 heteroatoms. The number of benzene rings is 1. The second kappa shape index (κ2) is 7.34. The number of carbonyl (C=O) groups excluding carboxylic acids is 1. The minimum atomic E-state index is -4.52. The Labute approximate surface area is 134 Å². The molecule has 1 atom stereocenters. The first-order chi connectivity index (χ1) is 10.8. The zero-order valence-corrected chi connectivity index (χ0v) is 13.5. The Kier molecular flexibility index (Phi) is 5.68. The summed E-state index contributed by atoms with van der Waals surface area (Å²) in [5.41, 5.74) is -1.19. The molecule has 0 aromatic heterocycles. The van der Waals surface area contributed by atoms with E-state index in [4.69, 9.17) is 0 Å². The van der Waals surface area contributed by atoms with Gasteiger partial charge in [-0.2, -0.15) is 13.2 Å². The van der Waals surface area contributed by atoms with Crippen LogP contribution in [0.25, 0.3) is 0 Å². The van der Waals surface area contributed by atoms with Crippen LogP contribution in [0.2, 0.25) is 0 Å². The normalized spacial score (nSPS) is 19.8. The van der Waals surface area contributed by atoms with Gasteiger partial charge in [0.15, 0.2) is 0 Å². The molecule has 3 nitrogen and oxygen atoms in total. The standard InChI is InChI=1S/C17H23F3N2O/c1-12(2)22-9-5-6-13(11-22)10-21-16(23)14-7-3-4-8-15(14)17(18,19)20/h3-4,7-8,12-13H,5-6,9-11H2,1-2H3,(H,21,23)/t13-/m0/s1. The topological polar surface area (TPSA) is 32.3 Å². The average molecular weight is 328 g/mol. The summed E-state index contributed by atoms with van der Waals surface area (Å²) in [6, 6.07) is 5.35. The maximum Gasteiger partial charge on any atom is 0.417 e. The highest BCUT2D eigenvalue weighted by molar-refractivity contribution is 5.95. The van der Waals surface area contributed by atoms with Crippen molar-refractivity contribution in [3.8, 4) is 0 Å². The molecular weight excluding hydrogens is 305 g/mol. The van der Waals surface area contributed by atoms with Crippen LogP contribution in [0.1, 0.15) is 42.6 Å². The van der Waals surface area contributed by atoms with Crippen LogP contribution in [0.5, 0.6) is 0 Å². The molecule has 23 heavy (non-hydrogen) atoms. The van der Waals surface area contributed by atoms with Gasteiger partial charge >= 0.3 is 6.18 Å². The number of rotatable bonds is 4. The smallest absolute Gasteiger partial charge is 0.352 e. The van der Waals surface area contributed by atoms with Gasteiger partial charge in [-0.1, -0.05) is 12.1 Å². The van der Waals surface area contributed by atoms with Gasteiger partial charge in [-0.05, 0) is 51.3 Å². The van der Waals surface area contributed by atoms with Gasteiger partial charge in [0.2, 0.25) is 0 Å². The summed E-state index contributed by atoms with van der Waals surface area (Å²) < 4.78 is 38.9. The van der Waals surface area contributed by atoms with Crippen LogP contribution in [-0.4, -0.2) is 36.5 Å². The first-order valence-corrected chi connectivity index (χ1v) is 7.97. The molecule has 1 aliphatic rings. The molecule has 0 aliphatic carbocycles. The minimum absolute atomic E-state index is 0.285. The molecule has 1 heterocycles. The van der Waals surface area contributed by atoms with Crippen LogP contribution in [0, 0.1) is 5.92 Å². The maximum atomic E-state index is 13.0. The van der Waals surface area contributed by atoms with Crippen LogP contribution in [0.3, 0.4) is 0 Å². The Morgan fingerprint density at radius 1 is 1.35 bits per heavy atom. The highest BCUT2D eigenvalue weighted by Gasteiger charge is 2.35. The van der Waals surface area contributed by atoms with Gasteiger partial charge in [0.25, 0.3) is 5.91 Å². The largest absolute Gasteiger partial charge is 0.417 e. The Morgan fingerprint density at radius 2 is 2.04 bits per heavy atom. The fourth-order valence-corrected chi connectivity index (χ4v) is 2.99. The first-order valence-electron chi connectivity index (χ1n) is 7.97. The second-order valence-corrected chi connectivity index (χ2v) is 6.35. The lowest BCUT2D eigenvalue weighted by Gasteiger charge is -2.35. The van der Waals surface area contributed by atoms with Crippen molar-refractivity contribution in [1.82, 2.24) is 10.2 Å². The summed E-state index contributed by atoms with van der Waals surface area (Å²) in [6.07, 6.45) is -2.48. The van der Waals surface area contributed by atoms with Crippen molar-refractivity contribution in [2.75, 3.05) is 19.6 Å². The summed E-state index contributed by atoms with van der Waals surface area (Å²) in [6.45, 7) is 6.58. The van der Waals surface area contributed by atoms with Crippen molar-refractivity contribution < 1.29 is 18.0 Å². The van der Waals surface area contributed by atoms with E-state index in [1.807, 2.05) is 0 Å². The number of piperidine rings is 1. The lowest BCUT2D eigenvalue weighted by Crippen LogP contribution is -2.43. The second-order valence-electron chi connectivity index (χ2n) is 6.35. The quantitative estimate of drug-likeness (QED) is 0.917. The van der Waals surface area contributed by atoms with Crippen molar-refractivity contribution in [3.63, 3.8) is 0 Å². The number of hydrogen-bond donors (Lipinski definition) is 1. The minimum Gasteiger partial charge on any atom is -0.352 e. The SMILES string of the molecule is CC(C)N1CCC[C@@H](CNC(=O)c2ccccc2C(F)(F)F)C1. The molecule has 0 spiro atoms. The molecule has 0 unspecified atom stereocenters. The molecule has 128 valence electrons. The predicted molar refractivity (Wildman–Crippen MR) is 83.2 cm³/mol. The fraction of sp³-hybridized carbons (Fsp3) is 0.588. The number of nitrogens with one attached hydrogen (secondary N) is 1. The van der Waals surface area contributed by atoms with Crippen LogP contribution < -0.4 is 5.32 Å². The lowest BCUT2D eigenvalue weighted by atomic mass is 9.96. The van der Waals surface area contributed by atoms with E-state index >= 15 is 0 Å². The lowest BCUT2D eigenvalue weighted by molar-refractivity contribution is -0.137. The molecule has 0 radical (unpaired) electrons. The molecule has 1 N–H and O–H groups in total. The highest BCUT2D eigenvalue weighted by Crippen LogP contribution is 2.31. The van der Waals surface area contributed by atoms with E-state index in [-0.39, 0.29) is 11.5 Å². The summed E-state index contributed by atoms with van der Waals surface area (Å²) in [5, 5.41) is 2.68. The van der Waals surface area contributed by atoms with Crippen LogP contribution in [0.15, 0.2) is 24.3 Å². The number of hydrogen-bond acceptors (Lipinski definition) is 2. The summed E-state index contributed by atoms with van der Waals surface area (Å²) >= 11 is 0. The molecule has 0 bridgehead atoms. The summed E-state index contributed by atoms with van der Waals surface area (Å²) in [7, 11) is 0. The Hall–Kier alpha value is -1.56. The van der Waals surface area contributed by atoms with Gasteiger partial charge in [-0.3, -0.25) is 4.79 Å². The maximum absolute atomic E-state index is 13.0. The zero-order chi connectivity index (χ0) is 17.0. The summed E-state index contributed by atoms with van der Waals surface area (Å²) in [4.78, 5) is 14.5. The molecule has 0 saturated carbocycles. The van der Waals surface area contributed by atoms with E-state index in [0.29, 0.717) is 12.6 Å². The average Bonchev–Trinajstić information content (AvgIpc) is 2.52. The Bertz CT molecular complexity index is 543. The molecule has 1 aromatic carbocycles. The fourth-order valence-electron chi connectivity index (χ4n) is 2.99. The van der Waals surface area contributed by atoms with Gasteiger partial charge in [0.1, 0.15) is 0 Å². The molecule has 1 amide bonds. The van der Waals surface area contributed by atoms with Crippen molar-refractivity contribution in [1.29, 1.82) is 0 Å². The van der Waals surface area contributed by atoms with Crippen molar-refractivity contribution in [3.05, 3.63) is 35.4 Å². The van der Waals surface area contributed by atoms with Crippen molar-refractivity contribution in [2.45, 2.75) is 38.9 Å². The van der Waals surface area contributed by atoms with Crippen LogP contribution in [-0.2, 0) is 6.18 Å². The third kappa shape index (κ3) is 4.70. The van der Waals surface area contributed by atoms with Crippen molar-refractivity contribution >= 4 is 5.91 Å². The van der Waals surface area contributed by atoms with Gasteiger partial charge in [0.05, 0.1) is 11.1 Å². The number of likely N-dealkylation sites (tertiary alicyclic amines) is 1. The number of carbonyl (C=O) groups is 1. The molecule has 2 rings (SSSR count). The van der Waals surface area contributed by atoms with E-state index < -0.39 is 17.6 Å². The van der Waals surface area contributed by atoms with E-state index in [1.165, 1.54) is 18.2 Å². The van der Waals surface area contributed by atoms with Crippen LogP contribution in [0.4, 0.5) is 13.2 Å². The van der Waals surface area contributed by atoms with Gasteiger partial charge < -0.3 is 10.2 Å². The Balaban J connectivity index is 1.98. The first kappa shape index (κ1) is 17.8. The van der Waals surface area contributed by atoms with E-state index in [2.05, 4.69) is 24.1 Å². The summed E-state index contributed by atoms with van der Waals surface area (Å²) in [5.74, 6) is -0.368. The van der Waals surface area contributed by atoms with Crippen molar-refractivity contribution in [2.24, 2.45) is 5.92 Å². The molecular formula is C17H23F3N2O. The third-order valence-electron chi connectivity index (χ3n) is 4.31. The van der Waals surface area contributed by atoms with E-state index in [9.17, 15) is 18.0 Å². The third-order valence-corrected chi connectivity index (χ3v) is 4.31. The highest BCUT2D eigenvalue weighted by atomic mass is 19.4. The molecule has 1 saturated heterocycles. The predicted octanol–water partition coefficient (Wildman–Crippen LogP) is 3.56. The van der Waals surface area contributed by atoms with Gasteiger partial charge in [-0.25, -0.2) is 0 Å². The Morgan fingerprint density at radius 3 is 2.70 bits per heavy atom. The van der Waals surface area contributed by atoms with Gasteiger partial charge in [-0.15, -0.1) is 0 Å². The molecule has 1 aliphatic heterocycles. The number of halogens is 3.